The van der Waals surface area contributed by atoms with Gasteiger partial charge in [-0.1, -0.05) is 24.6 Å². The Bertz CT molecular complexity index is 2190. The predicted molar refractivity (Wildman–Crippen MR) is 210 cm³/mol. The highest BCUT2D eigenvalue weighted by Crippen LogP contribution is 2.45. The SMILES string of the molecule is Cc1ccc([C@H](c2ccn3c(C)nnc3c2C)C(C)(C)C(=O)O)cc1CN1CC2(CCOCC2)Oc2nc(NC(C)CN3CCCCC3)c(C)cc2S1(=O)=O. The standard InChI is InChI=1S/C41H55N7O6S/c1-26-11-12-31(35(40(6,7)39(49)50)33-13-18-48-30(5)44-45-37(48)29(33)4)22-32(26)24-47-25-41(14-19-53-20-15-41)54-38-34(55(47,51)52)21-27(2)36(43-38)42-28(3)23-46-16-9-8-10-17-46/h11-13,18,21-22,28,35H,8-10,14-17,19-20,23-25H2,1-7H3,(H,42,43)(H,49,50)/t28?,35-/m1/s1. The monoisotopic (exact) mass is 773 g/mol. The number of hydrogen-bond donors (Lipinski definition) is 2. The maximum atomic E-state index is 14.8. The van der Waals surface area contributed by atoms with Gasteiger partial charge in [-0.15, -0.1) is 10.2 Å². The van der Waals surface area contributed by atoms with Crippen LogP contribution in [0.2, 0.25) is 0 Å². The number of likely N-dealkylation sites (tertiary alicyclic amines) is 1. The van der Waals surface area contributed by atoms with E-state index in [0.717, 1.165) is 58.8 Å². The molecule has 0 radical (unpaired) electrons. The molecule has 3 aliphatic heterocycles. The minimum absolute atomic E-state index is 0.0498. The third-order valence-corrected chi connectivity index (χ3v) is 13.8. The summed E-state index contributed by atoms with van der Waals surface area (Å²) in [6.07, 6.45) is 6.60. The number of carbonyl (C=O) groups is 1. The first kappa shape index (κ1) is 39.1. The number of hydrogen-bond acceptors (Lipinski definition) is 10. The first-order chi connectivity index (χ1) is 26.1. The van der Waals surface area contributed by atoms with Crippen molar-refractivity contribution < 1.29 is 27.8 Å². The molecule has 14 heteroatoms. The zero-order valence-corrected chi connectivity index (χ0v) is 34.0. The van der Waals surface area contributed by atoms with E-state index in [4.69, 9.17) is 14.5 Å². The first-order valence-electron chi connectivity index (χ1n) is 19.5. The second kappa shape index (κ2) is 15.1. The number of pyridine rings is 2. The molecule has 3 aromatic heterocycles. The van der Waals surface area contributed by atoms with Crippen molar-refractivity contribution in [2.75, 3.05) is 44.7 Å². The van der Waals surface area contributed by atoms with Crippen molar-refractivity contribution in [1.29, 1.82) is 0 Å². The van der Waals surface area contributed by atoms with E-state index in [1.54, 1.807) is 19.9 Å². The number of anilines is 1. The summed E-state index contributed by atoms with van der Waals surface area (Å²) in [6, 6.07) is 9.63. The Hall–Kier alpha value is -4.11. The van der Waals surface area contributed by atoms with Crippen LogP contribution >= 0.6 is 0 Å². The van der Waals surface area contributed by atoms with Gasteiger partial charge in [-0.3, -0.25) is 9.20 Å². The van der Waals surface area contributed by atoms with Crippen LogP contribution in [0.3, 0.4) is 0 Å². The van der Waals surface area contributed by atoms with Gasteiger partial charge >= 0.3 is 5.97 Å². The second-order valence-electron chi connectivity index (χ2n) is 16.5. The molecule has 7 rings (SSSR count). The largest absolute Gasteiger partial charge is 0.481 e. The fourth-order valence-corrected chi connectivity index (χ4v) is 10.2. The quantitative estimate of drug-likeness (QED) is 0.195. The number of nitrogens with zero attached hydrogens (tertiary/aromatic N) is 6. The van der Waals surface area contributed by atoms with E-state index >= 15 is 0 Å². The number of carboxylic acids is 1. The Morgan fingerprint density at radius 2 is 1.75 bits per heavy atom. The number of fused-ring (bicyclic) bond motifs is 2. The number of sulfonamides is 1. The highest BCUT2D eigenvalue weighted by molar-refractivity contribution is 7.89. The van der Waals surface area contributed by atoms with Gasteiger partial charge in [0.05, 0.1) is 25.2 Å². The van der Waals surface area contributed by atoms with Crippen molar-refractivity contribution in [3.05, 3.63) is 75.7 Å². The van der Waals surface area contributed by atoms with Gasteiger partial charge in [0.2, 0.25) is 15.9 Å². The number of aromatic nitrogens is 4. The van der Waals surface area contributed by atoms with E-state index in [2.05, 4.69) is 27.3 Å². The molecule has 0 saturated carbocycles. The van der Waals surface area contributed by atoms with Crippen LogP contribution in [-0.4, -0.2) is 99.3 Å². The number of aryl methyl sites for hydroxylation is 4. The summed E-state index contributed by atoms with van der Waals surface area (Å²) in [7, 11) is -4.10. The molecule has 6 heterocycles. The molecule has 0 aliphatic carbocycles. The van der Waals surface area contributed by atoms with Crippen molar-refractivity contribution in [3.63, 3.8) is 0 Å². The van der Waals surface area contributed by atoms with E-state index in [9.17, 15) is 18.3 Å². The molecule has 3 aliphatic rings. The Morgan fingerprint density at radius 1 is 1.02 bits per heavy atom. The maximum Gasteiger partial charge on any atom is 0.310 e. The van der Waals surface area contributed by atoms with Crippen LogP contribution in [0.15, 0.2) is 41.4 Å². The molecule has 1 aromatic carbocycles. The van der Waals surface area contributed by atoms with Gasteiger partial charge in [0.1, 0.15) is 22.1 Å². The lowest BCUT2D eigenvalue weighted by Gasteiger charge is -2.38. The van der Waals surface area contributed by atoms with Crippen molar-refractivity contribution in [3.8, 4) is 5.88 Å². The molecule has 1 unspecified atom stereocenters. The number of ether oxygens (including phenoxy) is 2. The highest BCUT2D eigenvalue weighted by Gasteiger charge is 2.46. The van der Waals surface area contributed by atoms with E-state index in [0.29, 0.717) is 37.5 Å². The number of nitrogens with one attached hydrogen (secondary N) is 1. The van der Waals surface area contributed by atoms with Gasteiger partial charge in [0.15, 0.2) is 5.65 Å². The third kappa shape index (κ3) is 7.58. The average molecular weight is 774 g/mol. The van der Waals surface area contributed by atoms with Crippen LogP contribution in [0.25, 0.3) is 5.65 Å². The summed E-state index contributed by atoms with van der Waals surface area (Å²) in [6.45, 7) is 17.4. The molecule has 2 atom stereocenters. The van der Waals surface area contributed by atoms with Gasteiger partial charge in [-0.25, -0.2) is 8.42 Å². The Morgan fingerprint density at radius 3 is 2.45 bits per heavy atom. The predicted octanol–water partition coefficient (Wildman–Crippen LogP) is 6.02. The van der Waals surface area contributed by atoms with Crippen molar-refractivity contribution in [2.45, 2.75) is 110 Å². The summed E-state index contributed by atoms with van der Waals surface area (Å²) < 4.78 is 45.6. The van der Waals surface area contributed by atoms with Gasteiger partial charge in [0.25, 0.3) is 0 Å². The first-order valence-corrected chi connectivity index (χ1v) is 20.9. The maximum absolute atomic E-state index is 14.8. The summed E-state index contributed by atoms with van der Waals surface area (Å²) >= 11 is 0. The second-order valence-corrected chi connectivity index (χ2v) is 18.4. The van der Waals surface area contributed by atoms with Crippen molar-refractivity contribution in [1.82, 2.24) is 28.8 Å². The van der Waals surface area contributed by atoms with Gasteiger partial charge in [-0.05, 0) is 120 Å². The molecule has 1 spiro atoms. The summed E-state index contributed by atoms with van der Waals surface area (Å²) in [5.41, 5.74) is 3.45. The molecule has 296 valence electrons. The highest BCUT2D eigenvalue weighted by atomic mass is 32.2. The Labute approximate surface area is 324 Å². The number of carboxylic acid groups (broad SMARTS) is 1. The van der Waals surface area contributed by atoms with E-state index in [-0.39, 0.29) is 29.9 Å². The summed E-state index contributed by atoms with van der Waals surface area (Å²) in [5.74, 6) is -0.0406. The molecule has 4 aromatic rings. The van der Waals surface area contributed by atoms with Crippen LogP contribution in [0, 0.1) is 33.1 Å². The summed E-state index contributed by atoms with van der Waals surface area (Å²) in [5, 5.41) is 22.7. The minimum atomic E-state index is -4.10. The summed E-state index contributed by atoms with van der Waals surface area (Å²) in [4.78, 5) is 20.3. The normalized spacial score (nSPS) is 20.1. The van der Waals surface area contributed by atoms with E-state index < -0.39 is 32.9 Å². The van der Waals surface area contributed by atoms with Crippen LogP contribution < -0.4 is 10.1 Å². The fourth-order valence-electron chi connectivity index (χ4n) is 8.58. The van der Waals surface area contributed by atoms with E-state index in [1.165, 1.54) is 23.6 Å². The number of benzene rings is 1. The zero-order valence-electron chi connectivity index (χ0n) is 33.2. The van der Waals surface area contributed by atoms with Gasteiger partial charge in [-0.2, -0.15) is 9.29 Å². The van der Waals surface area contributed by atoms with E-state index in [1.807, 2.05) is 62.6 Å². The Kier molecular flexibility index (Phi) is 10.7. The minimum Gasteiger partial charge on any atom is -0.481 e. The van der Waals surface area contributed by atoms with Gasteiger partial charge in [0, 0.05) is 44.1 Å². The molecule has 2 fully saturated rings. The van der Waals surface area contributed by atoms with Crippen molar-refractivity contribution >= 4 is 27.5 Å². The topological polar surface area (TPSA) is 151 Å². The fraction of sp³-hybridized carbons (Fsp3) is 0.561. The molecule has 0 bridgehead atoms. The molecule has 55 heavy (non-hydrogen) atoms. The lowest BCUT2D eigenvalue weighted by atomic mass is 9.70. The number of rotatable bonds is 10. The molecule has 2 N–H and O–H groups in total. The molecular weight excluding hydrogens is 719 g/mol. The number of piperidine rings is 1. The lowest BCUT2D eigenvalue weighted by molar-refractivity contribution is -0.147. The third-order valence-electron chi connectivity index (χ3n) is 12.0. The van der Waals surface area contributed by atoms with Crippen LogP contribution in [0.4, 0.5) is 5.82 Å². The average Bonchev–Trinajstić information content (AvgIpc) is 3.49. The van der Waals surface area contributed by atoms with Crippen LogP contribution in [0.5, 0.6) is 5.88 Å². The zero-order chi connectivity index (χ0) is 39.3. The molecule has 13 nitrogen and oxygen atoms in total. The van der Waals surface area contributed by atoms with Gasteiger partial charge < -0.3 is 24.8 Å². The molecule has 0 amide bonds. The number of aliphatic carboxylic acids is 1. The molecular formula is C41H55N7O6S. The van der Waals surface area contributed by atoms with Crippen LogP contribution in [-0.2, 0) is 26.1 Å². The lowest BCUT2D eigenvalue weighted by Crippen LogP contribution is -2.50. The Balaban J connectivity index is 1.26. The van der Waals surface area contributed by atoms with Crippen molar-refractivity contribution in [2.24, 2.45) is 5.41 Å². The van der Waals surface area contributed by atoms with Crippen LogP contribution in [0.1, 0.15) is 98.0 Å². The molecule has 2 saturated heterocycles. The smallest absolute Gasteiger partial charge is 0.310 e.